The maximum Gasteiger partial charge on any atom is 0.414 e. The van der Waals surface area contributed by atoms with Gasteiger partial charge in [0.05, 0.1) is 11.4 Å². The van der Waals surface area contributed by atoms with E-state index in [0.717, 1.165) is 6.42 Å². The summed E-state index contributed by atoms with van der Waals surface area (Å²) in [6, 6.07) is 10.5. The molecule has 0 fully saturated rings. The number of fused-ring (bicyclic) bond motifs is 2. The first-order valence-corrected chi connectivity index (χ1v) is 16.7. The van der Waals surface area contributed by atoms with Gasteiger partial charge >= 0.3 is 12.2 Å². The molecule has 14 heteroatoms. The van der Waals surface area contributed by atoms with Crippen LogP contribution in [-0.4, -0.2) is 95.5 Å². The topological polar surface area (TPSA) is 145 Å². The summed E-state index contributed by atoms with van der Waals surface area (Å²) >= 11 is 0. The Kier molecular flexibility index (Phi) is 14.3. The van der Waals surface area contributed by atoms with E-state index in [-0.39, 0.29) is 25.0 Å². The van der Waals surface area contributed by atoms with Crippen LogP contribution >= 0.6 is 0 Å². The zero-order valence-corrected chi connectivity index (χ0v) is 30.8. The van der Waals surface area contributed by atoms with Crippen molar-refractivity contribution in [2.75, 3.05) is 80.3 Å². The number of anilines is 4. The van der Waals surface area contributed by atoms with Crippen molar-refractivity contribution in [2.45, 2.75) is 72.5 Å². The molecule has 2 heterocycles. The van der Waals surface area contributed by atoms with Crippen LogP contribution in [0.25, 0.3) is 0 Å². The average molecular weight is 701 g/mol. The minimum Gasteiger partial charge on any atom is -0.482 e. The van der Waals surface area contributed by atoms with Crippen molar-refractivity contribution in [3.63, 3.8) is 0 Å². The predicted octanol–water partition coefficient (Wildman–Crippen LogP) is 6.01. The van der Waals surface area contributed by atoms with Crippen molar-refractivity contribution in [2.24, 2.45) is 0 Å². The maximum atomic E-state index is 12.5. The minimum absolute atomic E-state index is 0.0127. The van der Waals surface area contributed by atoms with Crippen LogP contribution in [0.1, 0.15) is 61.3 Å². The van der Waals surface area contributed by atoms with Crippen molar-refractivity contribution in [3.8, 4) is 11.5 Å². The number of benzene rings is 2. The van der Waals surface area contributed by atoms with Crippen LogP contribution in [-0.2, 0) is 28.5 Å². The van der Waals surface area contributed by atoms with Gasteiger partial charge in [0, 0.05) is 58.4 Å². The Balaban J connectivity index is 0.000000271. The van der Waals surface area contributed by atoms with Crippen LogP contribution in [0.2, 0.25) is 0 Å². The van der Waals surface area contributed by atoms with E-state index in [1.807, 2.05) is 27.7 Å². The third kappa shape index (κ3) is 11.8. The van der Waals surface area contributed by atoms with Crippen molar-refractivity contribution in [1.82, 2.24) is 0 Å². The van der Waals surface area contributed by atoms with Crippen LogP contribution in [0, 0.1) is 0 Å². The molecule has 2 aromatic carbocycles. The Morgan fingerprint density at radius 3 is 1.76 bits per heavy atom. The van der Waals surface area contributed by atoms with Crippen LogP contribution < -0.4 is 29.5 Å². The van der Waals surface area contributed by atoms with Gasteiger partial charge in [0.1, 0.15) is 22.7 Å². The summed E-state index contributed by atoms with van der Waals surface area (Å²) in [4.78, 5) is 53.7. The second-order valence-electron chi connectivity index (χ2n) is 13.5. The van der Waals surface area contributed by atoms with Gasteiger partial charge < -0.3 is 38.2 Å². The molecule has 14 nitrogen and oxygen atoms in total. The molecule has 2 aliphatic rings. The van der Waals surface area contributed by atoms with Gasteiger partial charge in [0.25, 0.3) is 11.8 Å². The number of amides is 4. The lowest BCUT2D eigenvalue weighted by Crippen LogP contribution is -2.40. The molecule has 276 valence electrons. The Morgan fingerprint density at radius 1 is 0.780 bits per heavy atom. The van der Waals surface area contributed by atoms with Crippen LogP contribution in [0.4, 0.5) is 32.3 Å². The summed E-state index contributed by atoms with van der Waals surface area (Å²) in [5, 5.41) is 2.67. The second kappa shape index (κ2) is 17.9. The molecule has 1 N–H and O–H groups in total. The van der Waals surface area contributed by atoms with E-state index in [1.54, 1.807) is 81.2 Å². The Hall–Kier alpha value is -4.56. The van der Waals surface area contributed by atoms with E-state index in [1.165, 1.54) is 4.90 Å². The van der Waals surface area contributed by atoms with Crippen molar-refractivity contribution in [3.05, 3.63) is 36.4 Å². The quantitative estimate of drug-likeness (QED) is 0.277. The zero-order valence-electron chi connectivity index (χ0n) is 30.8. The number of rotatable bonds is 11. The first kappa shape index (κ1) is 39.9. The summed E-state index contributed by atoms with van der Waals surface area (Å²) in [7, 11) is 3.26. The van der Waals surface area contributed by atoms with E-state index in [0.29, 0.717) is 73.5 Å². The SMILES string of the molecule is CCN(C(=O)OC(C)(C)C)c1ccc2c(c1)N(CCCOC)C(=O)CO2.COCCCN1C(=O)COc2ccc(NC(=O)OC(C)(C)C)cc21. The van der Waals surface area contributed by atoms with Gasteiger partial charge in [-0.25, -0.2) is 9.59 Å². The van der Waals surface area contributed by atoms with E-state index in [2.05, 4.69) is 5.32 Å². The Morgan fingerprint density at radius 2 is 1.28 bits per heavy atom. The molecule has 0 atom stereocenters. The number of carbonyl (C=O) groups excluding carboxylic acids is 4. The first-order chi connectivity index (χ1) is 23.6. The van der Waals surface area contributed by atoms with Gasteiger partial charge in [-0.15, -0.1) is 0 Å². The number of hydrogen-bond acceptors (Lipinski definition) is 10. The number of carbonyl (C=O) groups is 4. The third-order valence-corrected chi connectivity index (χ3v) is 7.13. The van der Waals surface area contributed by atoms with Gasteiger partial charge in [-0.3, -0.25) is 19.8 Å². The maximum absolute atomic E-state index is 12.5. The number of hydrogen-bond donors (Lipinski definition) is 1. The fourth-order valence-corrected chi connectivity index (χ4v) is 5.02. The predicted molar refractivity (Wildman–Crippen MR) is 191 cm³/mol. The lowest BCUT2D eigenvalue weighted by molar-refractivity contribution is -0.122. The van der Waals surface area contributed by atoms with Crippen LogP contribution in [0.3, 0.4) is 0 Å². The molecule has 50 heavy (non-hydrogen) atoms. The molecule has 2 aliphatic heterocycles. The number of methoxy groups -OCH3 is 2. The monoisotopic (exact) mass is 700 g/mol. The van der Waals surface area contributed by atoms with Gasteiger partial charge in [-0.2, -0.15) is 0 Å². The van der Waals surface area contributed by atoms with E-state index in [9.17, 15) is 19.2 Å². The molecule has 0 radical (unpaired) electrons. The normalized spacial score (nSPS) is 13.9. The van der Waals surface area contributed by atoms with Gasteiger partial charge in [0.15, 0.2) is 13.2 Å². The fraction of sp³-hybridized carbons (Fsp3) is 0.556. The highest BCUT2D eigenvalue weighted by Gasteiger charge is 2.29. The zero-order chi connectivity index (χ0) is 37.1. The highest BCUT2D eigenvalue weighted by atomic mass is 16.6. The standard InChI is InChI=1S/C19H28N2O5.C17H24N2O5/c1-6-20(18(23)26-19(2,3)4)14-8-9-16-15(12-14)21(10-7-11-24-5)17(22)13-25-16;1-17(2,3)24-16(21)18-12-6-7-14-13(10-12)19(8-5-9-22-4)15(20)11-23-14/h8-9,12H,6-7,10-11,13H2,1-5H3;6-7,10H,5,8-9,11H2,1-4H3,(H,18,21). The Bertz CT molecular complexity index is 1480. The first-order valence-electron chi connectivity index (χ1n) is 16.7. The number of ether oxygens (including phenoxy) is 6. The smallest absolute Gasteiger partial charge is 0.414 e. The van der Waals surface area contributed by atoms with E-state index in [4.69, 9.17) is 28.4 Å². The Labute approximate surface area is 294 Å². The summed E-state index contributed by atoms with van der Waals surface area (Å²) < 4.78 is 31.8. The fourth-order valence-electron chi connectivity index (χ4n) is 5.02. The molecule has 4 amide bonds. The second-order valence-corrected chi connectivity index (χ2v) is 13.5. The van der Waals surface area contributed by atoms with E-state index >= 15 is 0 Å². The number of nitrogens with zero attached hydrogens (tertiary/aromatic N) is 3. The summed E-state index contributed by atoms with van der Waals surface area (Å²) in [6.45, 7) is 15.4. The lowest BCUT2D eigenvalue weighted by Gasteiger charge is -2.31. The van der Waals surface area contributed by atoms with Gasteiger partial charge in [0.2, 0.25) is 0 Å². The molecule has 0 bridgehead atoms. The average Bonchev–Trinajstić information content (AvgIpc) is 3.02. The van der Waals surface area contributed by atoms with Crippen LogP contribution in [0.5, 0.6) is 11.5 Å². The molecule has 2 aromatic rings. The van der Waals surface area contributed by atoms with Crippen molar-refractivity contribution < 1.29 is 47.6 Å². The number of nitrogens with one attached hydrogen (secondary N) is 1. The summed E-state index contributed by atoms with van der Waals surface area (Å²) in [5.41, 5.74) is 1.34. The molecule has 0 aromatic heterocycles. The van der Waals surface area contributed by atoms with E-state index < -0.39 is 23.4 Å². The minimum atomic E-state index is -0.580. The molecule has 0 spiro atoms. The largest absolute Gasteiger partial charge is 0.482 e. The van der Waals surface area contributed by atoms with Crippen molar-refractivity contribution in [1.29, 1.82) is 0 Å². The summed E-state index contributed by atoms with van der Waals surface area (Å²) in [6.07, 6.45) is 0.464. The lowest BCUT2D eigenvalue weighted by atomic mass is 10.2. The molecule has 0 saturated heterocycles. The molecule has 0 unspecified atom stereocenters. The molecular formula is C36H52N4O10. The molecular weight excluding hydrogens is 648 g/mol. The third-order valence-electron chi connectivity index (χ3n) is 7.13. The highest BCUT2D eigenvalue weighted by molar-refractivity contribution is 6.00. The molecule has 0 saturated carbocycles. The molecule has 4 rings (SSSR count). The summed E-state index contributed by atoms with van der Waals surface area (Å²) in [5.74, 6) is 1.02. The van der Waals surface area contributed by atoms with Gasteiger partial charge in [-0.05, 0) is 97.7 Å². The highest BCUT2D eigenvalue weighted by Crippen LogP contribution is 2.37. The molecule has 0 aliphatic carbocycles. The van der Waals surface area contributed by atoms with Crippen molar-refractivity contribution >= 4 is 46.8 Å². The van der Waals surface area contributed by atoms with Crippen LogP contribution in [0.15, 0.2) is 36.4 Å². The van der Waals surface area contributed by atoms with Gasteiger partial charge in [-0.1, -0.05) is 0 Å².